The maximum atomic E-state index is 12.1. The molecule has 0 saturated heterocycles. The third-order valence-electron chi connectivity index (χ3n) is 2.99. The smallest absolute Gasteiger partial charge is 0.251 e. The monoisotopic (exact) mass is 307 g/mol. The maximum Gasteiger partial charge on any atom is 0.251 e. The molecule has 1 atom stereocenters. The Bertz CT molecular complexity index is 720. The summed E-state index contributed by atoms with van der Waals surface area (Å²) in [6.07, 6.45) is 3.27. The van der Waals surface area contributed by atoms with Gasteiger partial charge in [-0.3, -0.25) is 4.79 Å². The molecule has 6 heteroatoms. The zero-order valence-corrected chi connectivity index (χ0v) is 12.7. The van der Waals surface area contributed by atoms with Crippen molar-refractivity contribution in [1.29, 1.82) is 0 Å². The lowest BCUT2D eigenvalue weighted by molar-refractivity contribution is 0.0939. The van der Waals surface area contributed by atoms with Gasteiger partial charge in [-0.05, 0) is 37.3 Å². The Labute approximate surface area is 123 Å². The largest absolute Gasteiger partial charge is 0.469 e. The van der Waals surface area contributed by atoms with E-state index >= 15 is 0 Å². The number of nitrogens with one attached hydrogen (secondary N) is 1. The first kappa shape index (κ1) is 15.3. The van der Waals surface area contributed by atoms with Crippen LogP contribution in [0.15, 0.2) is 52.0 Å². The van der Waals surface area contributed by atoms with Crippen LogP contribution in [0, 0.1) is 0 Å². The molecule has 0 aliphatic carbocycles. The molecule has 1 N–H and O–H groups in total. The Morgan fingerprint density at radius 1 is 1.29 bits per heavy atom. The summed E-state index contributed by atoms with van der Waals surface area (Å²) in [5.74, 6) is 0.479. The summed E-state index contributed by atoms with van der Waals surface area (Å²) in [5, 5.41) is 2.82. The Kier molecular flexibility index (Phi) is 4.47. The predicted molar refractivity (Wildman–Crippen MR) is 78.9 cm³/mol. The molecule has 0 aliphatic heterocycles. The number of benzene rings is 1. The third kappa shape index (κ3) is 4.19. The number of hydrogen-bond acceptors (Lipinski definition) is 4. The molecule has 2 aromatic rings. The number of hydrogen-bond donors (Lipinski definition) is 1. The SMILES string of the molecule is C[C@H](Cc1ccco1)NC(=O)c1cccc(S(C)(=O)=O)c1. The number of carbonyl (C=O) groups is 1. The van der Waals surface area contributed by atoms with Crippen molar-refractivity contribution in [3.05, 3.63) is 54.0 Å². The fraction of sp³-hybridized carbons (Fsp3) is 0.267. The van der Waals surface area contributed by atoms with Gasteiger partial charge in [0.1, 0.15) is 5.76 Å². The van der Waals surface area contributed by atoms with Crippen LogP contribution in [0.1, 0.15) is 23.0 Å². The second-order valence-electron chi connectivity index (χ2n) is 4.96. The number of amides is 1. The number of rotatable bonds is 5. The first-order valence-corrected chi connectivity index (χ1v) is 8.39. The molecule has 0 saturated carbocycles. The van der Waals surface area contributed by atoms with E-state index in [9.17, 15) is 13.2 Å². The van der Waals surface area contributed by atoms with E-state index in [4.69, 9.17) is 4.42 Å². The van der Waals surface area contributed by atoms with Crippen LogP contribution in [0.2, 0.25) is 0 Å². The van der Waals surface area contributed by atoms with Gasteiger partial charge < -0.3 is 9.73 Å². The van der Waals surface area contributed by atoms with E-state index in [-0.39, 0.29) is 16.8 Å². The zero-order chi connectivity index (χ0) is 15.5. The van der Waals surface area contributed by atoms with Gasteiger partial charge in [0.25, 0.3) is 5.91 Å². The van der Waals surface area contributed by atoms with E-state index in [1.807, 2.05) is 13.0 Å². The molecule has 0 fully saturated rings. The summed E-state index contributed by atoms with van der Waals surface area (Å²) in [5.41, 5.74) is 0.323. The molecule has 0 spiro atoms. The molecule has 1 aromatic carbocycles. The van der Waals surface area contributed by atoms with Crippen LogP contribution in [-0.2, 0) is 16.3 Å². The quantitative estimate of drug-likeness (QED) is 0.917. The van der Waals surface area contributed by atoms with Crippen LogP contribution in [0.3, 0.4) is 0 Å². The average Bonchev–Trinajstić information content (AvgIpc) is 2.90. The Morgan fingerprint density at radius 3 is 2.67 bits per heavy atom. The van der Waals surface area contributed by atoms with Gasteiger partial charge in [-0.2, -0.15) is 0 Å². The lowest BCUT2D eigenvalue weighted by Crippen LogP contribution is -2.34. The molecule has 0 aliphatic rings. The van der Waals surface area contributed by atoms with Gasteiger partial charge in [0.2, 0.25) is 0 Å². The average molecular weight is 307 g/mol. The molecule has 1 heterocycles. The Morgan fingerprint density at radius 2 is 2.05 bits per heavy atom. The van der Waals surface area contributed by atoms with E-state index < -0.39 is 9.84 Å². The number of carbonyl (C=O) groups excluding carboxylic acids is 1. The second kappa shape index (κ2) is 6.13. The van der Waals surface area contributed by atoms with Gasteiger partial charge in [-0.15, -0.1) is 0 Å². The summed E-state index contributed by atoms with van der Waals surface area (Å²) in [6, 6.07) is 9.51. The fourth-order valence-electron chi connectivity index (χ4n) is 1.96. The van der Waals surface area contributed by atoms with E-state index in [1.54, 1.807) is 24.5 Å². The molecule has 112 valence electrons. The molecule has 5 nitrogen and oxygen atoms in total. The summed E-state index contributed by atoms with van der Waals surface area (Å²) < 4.78 is 28.2. The fourth-order valence-corrected chi connectivity index (χ4v) is 2.62. The van der Waals surface area contributed by atoms with Crippen LogP contribution >= 0.6 is 0 Å². The Hall–Kier alpha value is -2.08. The van der Waals surface area contributed by atoms with Gasteiger partial charge in [-0.1, -0.05) is 6.07 Å². The first-order valence-electron chi connectivity index (χ1n) is 6.49. The maximum absolute atomic E-state index is 12.1. The zero-order valence-electron chi connectivity index (χ0n) is 11.9. The molecule has 0 unspecified atom stereocenters. The molecule has 2 rings (SSSR count). The molecule has 0 radical (unpaired) electrons. The van der Waals surface area contributed by atoms with Gasteiger partial charge >= 0.3 is 0 Å². The van der Waals surface area contributed by atoms with Crippen molar-refractivity contribution in [2.45, 2.75) is 24.3 Å². The lowest BCUT2D eigenvalue weighted by atomic mass is 10.1. The Balaban J connectivity index is 2.06. The molecule has 0 bridgehead atoms. The van der Waals surface area contributed by atoms with Crippen LogP contribution in [-0.4, -0.2) is 26.6 Å². The van der Waals surface area contributed by atoms with E-state index in [0.29, 0.717) is 12.0 Å². The van der Waals surface area contributed by atoms with Crippen LogP contribution in [0.4, 0.5) is 0 Å². The molecule has 1 amide bonds. The third-order valence-corrected chi connectivity index (χ3v) is 4.10. The van der Waals surface area contributed by atoms with Crippen LogP contribution < -0.4 is 5.32 Å². The topological polar surface area (TPSA) is 76.4 Å². The first-order chi connectivity index (χ1) is 9.86. The van der Waals surface area contributed by atoms with Crippen molar-refractivity contribution in [1.82, 2.24) is 5.32 Å². The highest BCUT2D eigenvalue weighted by molar-refractivity contribution is 7.90. The van der Waals surface area contributed by atoms with Crippen LogP contribution in [0.5, 0.6) is 0 Å². The van der Waals surface area contributed by atoms with E-state index in [2.05, 4.69) is 5.32 Å². The minimum Gasteiger partial charge on any atom is -0.469 e. The minimum atomic E-state index is -3.32. The summed E-state index contributed by atoms with van der Waals surface area (Å²) in [6.45, 7) is 1.86. The van der Waals surface area contributed by atoms with Crippen molar-refractivity contribution in [3.8, 4) is 0 Å². The molecule has 21 heavy (non-hydrogen) atoms. The molecular weight excluding hydrogens is 290 g/mol. The van der Waals surface area contributed by atoms with Gasteiger partial charge in [0.15, 0.2) is 9.84 Å². The van der Waals surface area contributed by atoms with Gasteiger partial charge in [0.05, 0.1) is 11.2 Å². The summed E-state index contributed by atoms with van der Waals surface area (Å²) >= 11 is 0. The molecular formula is C15H17NO4S. The highest BCUT2D eigenvalue weighted by Crippen LogP contribution is 2.12. The number of furan rings is 1. The van der Waals surface area contributed by atoms with Gasteiger partial charge in [0, 0.05) is 24.3 Å². The number of sulfone groups is 1. The van der Waals surface area contributed by atoms with Crippen molar-refractivity contribution >= 4 is 15.7 Å². The summed E-state index contributed by atoms with van der Waals surface area (Å²) in [4.78, 5) is 12.3. The lowest BCUT2D eigenvalue weighted by Gasteiger charge is -2.13. The standard InChI is InChI=1S/C15H17NO4S/c1-11(9-13-6-4-8-20-13)16-15(17)12-5-3-7-14(10-12)21(2,18)19/h3-8,10-11H,9H2,1-2H3,(H,16,17)/t11-/m1/s1. The van der Waals surface area contributed by atoms with Crippen molar-refractivity contribution in [2.24, 2.45) is 0 Å². The minimum absolute atomic E-state index is 0.120. The van der Waals surface area contributed by atoms with Crippen molar-refractivity contribution in [2.75, 3.05) is 6.26 Å². The predicted octanol–water partition coefficient (Wildman–Crippen LogP) is 2.04. The summed E-state index contributed by atoms with van der Waals surface area (Å²) in [7, 11) is -3.32. The van der Waals surface area contributed by atoms with Crippen LogP contribution in [0.25, 0.3) is 0 Å². The highest BCUT2D eigenvalue weighted by Gasteiger charge is 2.14. The van der Waals surface area contributed by atoms with Crippen molar-refractivity contribution in [3.63, 3.8) is 0 Å². The normalized spacial score (nSPS) is 12.9. The second-order valence-corrected chi connectivity index (χ2v) is 6.97. The van der Waals surface area contributed by atoms with Gasteiger partial charge in [-0.25, -0.2) is 8.42 Å². The van der Waals surface area contributed by atoms with E-state index in [0.717, 1.165) is 12.0 Å². The highest BCUT2D eigenvalue weighted by atomic mass is 32.2. The van der Waals surface area contributed by atoms with Crippen molar-refractivity contribution < 1.29 is 17.6 Å². The van der Waals surface area contributed by atoms with E-state index in [1.165, 1.54) is 12.1 Å². The molecule has 1 aromatic heterocycles.